The summed E-state index contributed by atoms with van der Waals surface area (Å²) >= 11 is 1.61. The van der Waals surface area contributed by atoms with E-state index in [0.717, 1.165) is 15.2 Å². The predicted molar refractivity (Wildman–Crippen MR) is 78.5 cm³/mol. The Balaban J connectivity index is 1.68. The van der Waals surface area contributed by atoms with Crippen molar-refractivity contribution in [3.63, 3.8) is 0 Å². The number of rotatable bonds is 3. The quantitative estimate of drug-likeness (QED) is 0.884. The minimum atomic E-state index is -0.417. The summed E-state index contributed by atoms with van der Waals surface area (Å²) in [5, 5.41) is 13.4. The van der Waals surface area contributed by atoms with Gasteiger partial charge in [-0.2, -0.15) is 0 Å². The van der Waals surface area contributed by atoms with Gasteiger partial charge in [-0.15, -0.1) is 11.3 Å². The third kappa shape index (κ3) is 2.67. The molecule has 1 fully saturated rings. The van der Waals surface area contributed by atoms with Gasteiger partial charge in [0.1, 0.15) is 5.01 Å². The molecule has 106 valence electrons. The fraction of sp³-hybridized carbons (Fsp3) is 0.429. The van der Waals surface area contributed by atoms with Gasteiger partial charge in [-0.3, -0.25) is 4.79 Å². The van der Waals surface area contributed by atoms with Crippen molar-refractivity contribution in [3.8, 4) is 0 Å². The van der Waals surface area contributed by atoms with Crippen molar-refractivity contribution in [3.05, 3.63) is 29.3 Å². The minimum Gasteiger partial charge on any atom is -0.392 e. The molecule has 2 heterocycles. The van der Waals surface area contributed by atoms with Crippen LogP contribution in [0.15, 0.2) is 24.3 Å². The fourth-order valence-electron chi connectivity index (χ4n) is 2.44. The van der Waals surface area contributed by atoms with Crippen LogP contribution < -0.4 is 5.32 Å². The van der Waals surface area contributed by atoms with Gasteiger partial charge >= 0.3 is 0 Å². The van der Waals surface area contributed by atoms with Gasteiger partial charge in [0.2, 0.25) is 5.91 Å². The van der Waals surface area contributed by atoms with Gasteiger partial charge in [0, 0.05) is 13.6 Å². The van der Waals surface area contributed by atoms with Gasteiger partial charge in [0.15, 0.2) is 0 Å². The van der Waals surface area contributed by atoms with Crippen molar-refractivity contribution in [1.29, 1.82) is 0 Å². The number of hydrogen-bond acceptors (Lipinski definition) is 5. The van der Waals surface area contributed by atoms with Crippen LogP contribution in [0.25, 0.3) is 10.2 Å². The number of amides is 1. The zero-order chi connectivity index (χ0) is 14.1. The Hall–Kier alpha value is -1.50. The maximum Gasteiger partial charge on any atom is 0.239 e. The first kappa shape index (κ1) is 13.5. The molecular formula is C14H17N3O2S. The number of nitrogens with one attached hydrogen (secondary N) is 1. The summed E-state index contributed by atoms with van der Waals surface area (Å²) < 4.78 is 1.14. The maximum absolute atomic E-state index is 12.2. The highest BCUT2D eigenvalue weighted by Crippen LogP contribution is 2.22. The third-order valence-corrected chi connectivity index (χ3v) is 4.51. The molecule has 0 spiro atoms. The number of likely N-dealkylation sites (N-methyl/N-ethyl adjacent to an activating group) is 1. The third-order valence-electron chi connectivity index (χ3n) is 3.49. The average Bonchev–Trinajstić information content (AvgIpc) is 3.03. The van der Waals surface area contributed by atoms with Gasteiger partial charge in [-0.1, -0.05) is 12.1 Å². The van der Waals surface area contributed by atoms with Crippen molar-refractivity contribution in [2.75, 3.05) is 13.6 Å². The first-order valence-corrected chi connectivity index (χ1v) is 7.46. The van der Waals surface area contributed by atoms with Crippen molar-refractivity contribution in [2.45, 2.75) is 25.1 Å². The van der Waals surface area contributed by atoms with E-state index < -0.39 is 6.10 Å². The molecule has 0 unspecified atom stereocenters. The second-order valence-electron chi connectivity index (χ2n) is 5.12. The summed E-state index contributed by atoms with van der Waals surface area (Å²) in [6.07, 6.45) is 0.0723. The normalized spacial score (nSPS) is 22.3. The smallest absolute Gasteiger partial charge is 0.239 e. The molecule has 2 aromatic rings. The van der Waals surface area contributed by atoms with E-state index >= 15 is 0 Å². The topological polar surface area (TPSA) is 65.5 Å². The predicted octanol–water partition coefficient (Wildman–Crippen LogP) is 0.977. The lowest BCUT2D eigenvalue weighted by atomic mass is 10.2. The summed E-state index contributed by atoms with van der Waals surface area (Å²) in [4.78, 5) is 18.4. The molecule has 0 bridgehead atoms. The molecule has 1 saturated heterocycles. The molecule has 1 amide bonds. The number of aliphatic hydroxyl groups excluding tert-OH is 1. The summed E-state index contributed by atoms with van der Waals surface area (Å²) in [5.41, 5.74) is 0.975. The number of fused-ring (bicyclic) bond motifs is 1. The van der Waals surface area contributed by atoms with Gasteiger partial charge in [0.25, 0.3) is 0 Å². The van der Waals surface area contributed by atoms with Crippen LogP contribution in [0.5, 0.6) is 0 Å². The summed E-state index contributed by atoms with van der Waals surface area (Å²) in [6, 6.07) is 7.69. The molecule has 1 aromatic heterocycles. The first-order valence-electron chi connectivity index (χ1n) is 6.64. The SMILES string of the molecule is CN(Cc1nc2ccccc2s1)C(=O)[C@@H]1C[C@H](O)CN1. The van der Waals surface area contributed by atoms with Gasteiger partial charge in [-0.25, -0.2) is 4.98 Å². The summed E-state index contributed by atoms with van der Waals surface area (Å²) in [5.74, 6) is 0.0146. The van der Waals surface area contributed by atoms with Gasteiger partial charge in [-0.05, 0) is 18.6 Å². The standard InChI is InChI=1S/C14H17N3O2S/c1-17(14(19)11-6-9(18)7-15-11)8-13-16-10-4-2-3-5-12(10)20-13/h2-5,9,11,15,18H,6-8H2,1H3/t9-,11-/m0/s1. The van der Waals surface area contributed by atoms with E-state index in [1.54, 1.807) is 23.3 Å². The number of nitrogens with zero attached hydrogens (tertiary/aromatic N) is 2. The van der Waals surface area contributed by atoms with Crippen LogP contribution >= 0.6 is 11.3 Å². The number of aliphatic hydroxyl groups is 1. The minimum absolute atomic E-state index is 0.0146. The van der Waals surface area contributed by atoms with Crippen molar-refractivity contribution in [2.24, 2.45) is 0 Å². The number of benzene rings is 1. The Labute approximate surface area is 121 Å². The number of β-amino-alcohol motifs (C(OH)–C–C–N with tert-alkyl or cyclic N) is 1. The molecule has 0 aliphatic carbocycles. The zero-order valence-corrected chi connectivity index (χ0v) is 12.1. The number of thiazole rings is 1. The van der Waals surface area contributed by atoms with Gasteiger partial charge < -0.3 is 15.3 Å². The molecule has 2 atom stereocenters. The lowest BCUT2D eigenvalue weighted by Crippen LogP contribution is -2.41. The number of carbonyl (C=O) groups excluding carboxylic acids is 1. The van der Waals surface area contributed by atoms with E-state index in [-0.39, 0.29) is 11.9 Å². The van der Waals surface area contributed by atoms with Crippen LogP contribution in [-0.4, -0.2) is 46.6 Å². The van der Waals surface area contributed by atoms with Crippen LogP contribution in [0, 0.1) is 0 Å². The molecule has 0 radical (unpaired) electrons. The Kier molecular flexibility index (Phi) is 3.69. The lowest BCUT2D eigenvalue weighted by molar-refractivity contribution is -0.132. The van der Waals surface area contributed by atoms with Crippen molar-refractivity contribution < 1.29 is 9.90 Å². The largest absolute Gasteiger partial charge is 0.392 e. The lowest BCUT2D eigenvalue weighted by Gasteiger charge is -2.19. The van der Waals surface area contributed by atoms with E-state index in [0.29, 0.717) is 19.5 Å². The molecule has 3 rings (SSSR count). The van der Waals surface area contributed by atoms with Crippen LogP contribution in [0.4, 0.5) is 0 Å². The number of hydrogen-bond donors (Lipinski definition) is 2. The summed E-state index contributed by atoms with van der Waals surface area (Å²) in [6.45, 7) is 0.998. The molecule has 1 aliphatic rings. The first-order chi connectivity index (χ1) is 9.63. The highest BCUT2D eigenvalue weighted by atomic mass is 32.1. The van der Waals surface area contributed by atoms with E-state index in [2.05, 4.69) is 10.3 Å². The Morgan fingerprint density at radius 3 is 3.05 bits per heavy atom. The molecule has 6 heteroatoms. The molecule has 1 aromatic carbocycles. The average molecular weight is 291 g/mol. The molecule has 0 saturated carbocycles. The van der Waals surface area contributed by atoms with E-state index in [4.69, 9.17) is 0 Å². The highest BCUT2D eigenvalue weighted by Gasteiger charge is 2.30. The van der Waals surface area contributed by atoms with Crippen molar-refractivity contribution >= 4 is 27.5 Å². The van der Waals surface area contributed by atoms with E-state index in [1.165, 1.54) is 0 Å². The fourth-order valence-corrected chi connectivity index (χ4v) is 3.46. The maximum atomic E-state index is 12.2. The molecule has 1 aliphatic heterocycles. The van der Waals surface area contributed by atoms with Gasteiger partial charge in [0.05, 0.1) is 28.9 Å². The Bertz CT molecular complexity index is 595. The number of aromatic nitrogens is 1. The van der Waals surface area contributed by atoms with Crippen LogP contribution in [0.1, 0.15) is 11.4 Å². The summed E-state index contributed by atoms with van der Waals surface area (Å²) in [7, 11) is 1.78. The molecule has 5 nitrogen and oxygen atoms in total. The molecular weight excluding hydrogens is 274 g/mol. The number of para-hydroxylation sites is 1. The van der Waals surface area contributed by atoms with Crippen LogP contribution in [0.2, 0.25) is 0 Å². The zero-order valence-electron chi connectivity index (χ0n) is 11.2. The van der Waals surface area contributed by atoms with Crippen LogP contribution in [-0.2, 0) is 11.3 Å². The number of carbonyl (C=O) groups is 1. The van der Waals surface area contributed by atoms with Crippen LogP contribution in [0.3, 0.4) is 0 Å². The van der Waals surface area contributed by atoms with E-state index in [9.17, 15) is 9.90 Å². The second kappa shape index (κ2) is 5.47. The highest BCUT2D eigenvalue weighted by molar-refractivity contribution is 7.18. The second-order valence-corrected chi connectivity index (χ2v) is 6.24. The van der Waals surface area contributed by atoms with E-state index in [1.807, 2.05) is 24.3 Å². The molecule has 2 N–H and O–H groups in total. The Morgan fingerprint density at radius 2 is 2.35 bits per heavy atom. The monoisotopic (exact) mass is 291 g/mol. The molecule has 20 heavy (non-hydrogen) atoms. The Morgan fingerprint density at radius 1 is 1.55 bits per heavy atom. The van der Waals surface area contributed by atoms with Crippen molar-refractivity contribution in [1.82, 2.24) is 15.2 Å².